The molecule has 0 aromatic heterocycles. The summed E-state index contributed by atoms with van der Waals surface area (Å²) in [6.45, 7) is 0.624. The van der Waals surface area contributed by atoms with E-state index in [2.05, 4.69) is 0 Å². The zero-order chi connectivity index (χ0) is 13.1. The van der Waals surface area contributed by atoms with Gasteiger partial charge in [-0.05, 0) is 25.9 Å². The normalized spacial score (nSPS) is 21.4. The molecule has 0 bridgehead atoms. The summed E-state index contributed by atoms with van der Waals surface area (Å²) in [4.78, 5) is 12.0. The van der Waals surface area contributed by atoms with Crippen molar-refractivity contribution in [3.05, 3.63) is 0 Å². The largest absolute Gasteiger partial charge is 0.481 e. The second-order valence-corrected chi connectivity index (χ2v) is 4.37. The quantitative estimate of drug-likeness (QED) is 0.789. The average molecular weight is 255 g/mol. The van der Waals surface area contributed by atoms with Gasteiger partial charge in [-0.1, -0.05) is 0 Å². The molecule has 0 spiro atoms. The van der Waals surface area contributed by atoms with Crippen LogP contribution in [0.15, 0.2) is 0 Å². The van der Waals surface area contributed by atoms with Crippen LogP contribution in [0.5, 0.6) is 0 Å². The number of rotatable bonds is 4. The van der Waals surface area contributed by atoms with Crippen molar-refractivity contribution in [3.8, 4) is 0 Å². The highest BCUT2D eigenvalue weighted by atomic mass is 19.4. The third-order valence-electron chi connectivity index (χ3n) is 2.93. The number of aliphatic hydroxyl groups is 1. The number of carboxylic acid groups (broad SMARTS) is 1. The van der Waals surface area contributed by atoms with E-state index in [4.69, 9.17) is 5.11 Å². The molecular formula is C10H16F3NO3. The molecular weight excluding hydrogens is 239 g/mol. The van der Waals surface area contributed by atoms with Crippen molar-refractivity contribution in [2.24, 2.45) is 5.92 Å². The molecule has 1 unspecified atom stereocenters. The van der Waals surface area contributed by atoms with Gasteiger partial charge in [0.15, 0.2) is 0 Å². The first-order valence-corrected chi connectivity index (χ1v) is 5.48. The minimum absolute atomic E-state index is 0.0172. The lowest BCUT2D eigenvalue weighted by Gasteiger charge is -2.33. The smallest absolute Gasteiger partial charge is 0.391 e. The Morgan fingerprint density at radius 3 is 2.29 bits per heavy atom. The van der Waals surface area contributed by atoms with Crippen molar-refractivity contribution in [2.45, 2.75) is 31.5 Å². The Morgan fingerprint density at radius 1 is 1.35 bits per heavy atom. The van der Waals surface area contributed by atoms with Crippen LogP contribution >= 0.6 is 0 Å². The molecule has 4 nitrogen and oxygen atoms in total. The number of carboxylic acids is 1. The van der Waals surface area contributed by atoms with Crippen molar-refractivity contribution in [2.75, 3.05) is 19.6 Å². The second kappa shape index (κ2) is 5.68. The van der Waals surface area contributed by atoms with Gasteiger partial charge in [-0.3, -0.25) is 4.79 Å². The zero-order valence-electron chi connectivity index (χ0n) is 9.28. The van der Waals surface area contributed by atoms with Gasteiger partial charge in [0.25, 0.3) is 0 Å². The standard InChI is InChI=1S/C10H16F3NO3/c11-10(12,13)7-1-3-14(4-2-7)6-8(15)5-9(16)17/h7-8,15H,1-6H2,(H,16,17). The van der Waals surface area contributed by atoms with Gasteiger partial charge in [0, 0.05) is 6.54 Å². The summed E-state index contributed by atoms with van der Waals surface area (Å²) in [6, 6.07) is 0. The third-order valence-corrected chi connectivity index (χ3v) is 2.93. The summed E-state index contributed by atoms with van der Waals surface area (Å²) in [7, 11) is 0. The van der Waals surface area contributed by atoms with Crippen molar-refractivity contribution >= 4 is 5.97 Å². The van der Waals surface area contributed by atoms with E-state index in [9.17, 15) is 23.1 Å². The molecule has 2 N–H and O–H groups in total. The van der Waals surface area contributed by atoms with Gasteiger partial charge in [-0.25, -0.2) is 0 Å². The fourth-order valence-corrected chi connectivity index (χ4v) is 2.01. The molecule has 1 atom stereocenters. The summed E-state index contributed by atoms with van der Waals surface area (Å²) in [5.41, 5.74) is 0. The van der Waals surface area contributed by atoms with Crippen LogP contribution < -0.4 is 0 Å². The van der Waals surface area contributed by atoms with Gasteiger partial charge in [0.05, 0.1) is 18.4 Å². The van der Waals surface area contributed by atoms with E-state index in [0.29, 0.717) is 0 Å². The van der Waals surface area contributed by atoms with Crippen molar-refractivity contribution < 1.29 is 28.2 Å². The molecule has 7 heteroatoms. The number of carbonyl (C=O) groups is 1. The first-order chi connectivity index (χ1) is 7.79. The number of halogens is 3. The molecule has 0 saturated carbocycles. The monoisotopic (exact) mass is 255 g/mol. The number of alkyl halides is 3. The minimum atomic E-state index is -4.15. The molecule has 0 aromatic carbocycles. The van der Waals surface area contributed by atoms with Gasteiger partial charge < -0.3 is 15.1 Å². The van der Waals surface area contributed by atoms with Gasteiger partial charge in [0.1, 0.15) is 0 Å². The molecule has 1 fully saturated rings. The number of aliphatic carboxylic acids is 1. The van der Waals surface area contributed by atoms with Crippen molar-refractivity contribution in [1.82, 2.24) is 4.90 Å². The van der Waals surface area contributed by atoms with E-state index < -0.39 is 24.2 Å². The van der Waals surface area contributed by atoms with Gasteiger partial charge >= 0.3 is 12.1 Å². The Labute approximate surface area is 97.0 Å². The molecule has 100 valence electrons. The van der Waals surface area contributed by atoms with Crippen LogP contribution in [0.4, 0.5) is 13.2 Å². The molecule has 1 rings (SSSR count). The van der Waals surface area contributed by atoms with E-state index in [1.54, 1.807) is 4.90 Å². The predicted octanol–water partition coefficient (Wildman–Crippen LogP) is 1.10. The van der Waals surface area contributed by atoms with E-state index in [1.165, 1.54) is 0 Å². The maximum Gasteiger partial charge on any atom is 0.391 e. The Kier molecular flexibility index (Phi) is 4.76. The maximum atomic E-state index is 12.4. The number of likely N-dealkylation sites (tertiary alicyclic amines) is 1. The number of β-amino-alcohol motifs (C(OH)–C–C–N with tert-alkyl or cyclic N) is 1. The topological polar surface area (TPSA) is 60.8 Å². The fourth-order valence-electron chi connectivity index (χ4n) is 2.01. The minimum Gasteiger partial charge on any atom is -0.481 e. The van der Waals surface area contributed by atoms with Crippen LogP contribution in [0.25, 0.3) is 0 Å². The Hall–Kier alpha value is -0.820. The SMILES string of the molecule is O=C(O)CC(O)CN1CCC(C(F)(F)F)CC1. The number of nitrogens with zero attached hydrogens (tertiary/aromatic N) is 1. The zero-order valence-corrected chi connectivity index (χ0v) is 9.28. The molecule has 0 amide bonds. The highest BCUT2D eigenvalue weighted by molar-refractivity contribution is 5.67. The Morgan fingerprint density at radius 2 is 1.88 bits per heavy atom. The van der Waals surface area contributed by atoms with Gasteiger partial charge in [-0.2, -0.15) is 13.2 Å². The summed E-state index contributed by atoms with van der Waals surface area (Å²) >= 11 is 0. The Balaban J connectivity index is 2.30. The first-order valence-electron chi connectivity index (χ1n) is 5.48. The number of hydrogen-bond acceptors (Lipinski definition) is 3. The lowest BCUT2D eigenvalue weighted by atomic mass is 9.96. The number of piperidine rings is 1. The molecule has 1 saturated heterocycles. The molecule has 0 aliphatic carbocycles. The molecule has 0 aromatic rings. The van der Waals surface area contributed by atoms with E-state index >= 15 is 0 Å². The number of aliphatic hydroxyl groups excluding tert-OH is 1. The predicted molar refractivity (Wildman–Crippen MR) is 53.5 cm³/mol. The van der Waals surface area contributed by atoms with Crippen LogP contribution in [0.2, 0.25) is 0 Å². The number of hydrogen-bond donors (Lipinski definition) is 2. The summed E-state index contributed by atoms with van der Waals surface area (Å²) in [5.74, 6) is -2.38. The van der Waals surface area contributed by atoms with Crippen LogP contribution in [0.3, 0.4) is 0 Å². The van der Waals surface area contributed by atoms with Crippen LogP contribution in [-0.2, 0) is 4.79 Å². The van der Waals surface area contributed by atoms with E-state index in [0.717, 1.165) is 0 Å². The highest BCUT2D eigenvalue weighted by Gasteiger charge is 2.41. The Bertz CT molecular complexity index is 262. The third kappa shape index (κ3) is 4.91. The maximum absolute atomic E-state index is 12.4. The van der Waals surface area contributed by atoms with Crippen molar-refractivity contribution in [1.29, 1.82) is 0 Å². The average Bonchev–Trinajstić information content (AvgIpc) is 2.15. The van der Waals surface area contributed by atoms with E-state index in [1.807, 2.05) is 0 Å². The molecule has 1 aliphatic rings. The van der Waals surface area contributed by atoms with Crippen LogP contribution in [-0.4, -0.2) is 53.0 Å². The van der Waals surface area contributed by atoms with Crippen molar-refractivity contribution in [3.63, 3.8) is 0 Å². The molecule has 1 heterocycles. The van der Waals surface area contributed by atoms with Crippen LogP contribution in [0.1, 0.15) is 19.3 Å². The van der Waals surface area contributed by atoms with E-state index in [-0.39, 0.29) is 38.9 Å². The molecule has 0 radical (unpaired) electrons. The first kappa shape index (κ1) is 14.2. The summed E-state index contributed by atoms with van der Waals surface area (Å²) in [5, 5.41) is 17.8. The lowest BCUT2D eigenvalue weighted by Crippen LogP contribution is -2.42. The molecule has 17 heavy (non-hydrogen) atoms. The fraction of sp³-hybridized carbons (Fsp3) is 0.900. The van der Waals surface area contributed by atoms with Gasteiger partial charge in [0.2, 0.25) is 0 Å². The second-order valence-electron chi connectivity index (χ2n) is 4.37. The summed E-state index contributed by atoms with van der Waals surface area (Å²) < 4.78 is 37.1. The van der Waals surface area contributed by atoms with Gasteiger partial charge in [-0.15, -0.1) is 0 Å². The summed E-state index contributed by atoms with van der Waals surface area (Å²) in [6.07, 6.45) is -5.51. The molecule has 1 aliphatic heterocycles. The van der Waals surface area contributed by atoms with Crippen LogP contribution in [0, 0.1) is 5.92 Å². The highest BCUT2D eigenvalue weighted by Crippen LogP contribution is 2.34. The lowest BCUT2D eigenvalue weighted by molar-refractivity contribution is -0.185.